The quantitative estimate of drug-likeness (QED) is 0.503. The minimum absolute atomic E-state index is 0.174. The van der Waals surface area contributed by atoms with Crippen LogP contribution in [0, 0.1) is 5.92 Å². The molecular weight excluding hydrogens is 104 g/mol. The predicted molar refractivity (Wildman–Crippen MR) is 30.2 cm³/mol. The van der Waals surface area contributed by atoms with Crippen LogP contribution >= 0.6 is 0 Å². The SMILES string of the molecule is CCC([C]=O)CC=O. The molecule has 0 aromatic carbocycles. The van der Waals surface area contributed by atoms with E-state index in [1.807, 2.05) is 6.92 Å². The lowest BCUT2D eigenvalue weighted by Crippen LogP contribution is -1.99. The van der Waals surface area contributed by atoms with Gasteiger partial charge < -0.3 is 4.79 Å². The van der Waals surface area contributed by atoms with Crippen molar-refractivity contribution in [1.29, 1.82) is 0 Å². The smallest absolute Gasteiger partial charge is 0.202 e. The van der Waals surface area contributed by atoms with Gasteiger partial charge in [-0.1, -0.05) is 6.92 Å². The largest absolute Gasteiger partial charge is 0.303 e. The van der Waals surface area contributed by atoms with Crippen LogP contribution in [0.2, 0.25) is 0 Å². The summed E-state index contributed by atoms with van der Waals surface area (Å²) in [5, 5.41) is 0. The maximum absolute atomic E-state index is 9.84. The number of hydrogen-bond donors (Lipinski definition) is 0. The maximum atomic E-state index is 9.84. The second kappa shape index (κ2) is 4.50. The molecule has 0 amide bonds. The number of carbonyl (C=O) groups is 1. The van der Waals surface area contributed by atoms with Crippen LogP contribution in [0.5, 0.6) is 0 Å². The number of rotatable bonds is 4. The van der Waals surface area contributed by atoms with Gasteiger partial charge in [-0.25, -0.2) is 0 Å². The molecule has 0 N–H and O–H groups in total. The zero-order valence-corrected chi connectivity index (χ0v) is 4.89. The molecule has 0 spiro atoms. The summed E-state index contributed by atoms with van der Waals surface area (Å²) in [6.45, 7) is 1.86. The molecule has 0 aromatic rings. The second-order valence-corrected chi connectivity index (χ2v) is 1.63. The topological polar surface area (TPSA) is 34.1 Å². The fourth-order valence-electron chi connectivity index (χ4n) is 0.414. The fourth-order valence-corrected chi connectivity index (χ4v) is 0.414. The van der Waals surface area contributed by atoms with Gasteiger partial charge >= 0.3 is 0 Å². The van der Waals surface area contributed by atoms with Crippen LogP contribution < -0.4 is 0 Å². The van der Waals surface area contributed by atoms with Crippen molar-refractivity contribution in [3.05, 3.63) is 0 Å². The highest BCUT2D eigenvalue weighted by Crippen LogP contribution is 2.00. The maximum Gasteiger partial charge on any atom is 0.202 e. The lowest BCUT2D eigenvalue weighted by Gasteiger charge is -1.95. The van der Waals surface area contributed by atoms with Crippen LogP contribution in [0.3, 0.4) is 0 Å². The van der Waals surface area contributed by atoms with Crippen LogP contribution in [-0.4, -0.2) is 12.6 Å². The third-order valence-electron chi connectivity index (χ3n) is 1.04. The minimum Gasteiger partial charge on any atom is -0.303 e. The first-order valence-corrected chi connectivity index (χ1v) is 2.66. The molecule has 2 nitrogen and oxygen atoms in total. The van der Waals surface area contributed by atoms with Crippen molar-refractivity contribution >= 4 is 12.6 Å². The summed E-state index contributed by atoms with van der Waals surface area (Å²) in [5.74, 6) is -0.174. The van der Waals surface area contributed by atoms with E-state index >= 15 is 0 Å². The van der Waals surface area contributed by atoms with E-state index in [0.29, 0.717) is 12.8 Å². The highest BCUT2D eigenvalue weighted by atomic mass is 16.1. The van der Waals surface area contributed by atoms with Crippen molar-refractivity contribution in [2.75, 3.05) is 0 Å². The van der Waals surface area contributed by atoms with Crippen molar-refractivity contribution < 1.29 is 9.59 Å². The molecule has 0 aliphatic heterocycles. The normalized spacial score (nSPS) is 12.6. The molecule has 1 unspecified atom stereocenters. The van der Waals surface area contributed by atoms with E-state index in [9.17, 15) is 9.59 Å². The molecule has 0 bridgehead atoms. The Kier molecular flexibility index (Phi) is 4.13. The van der Waals surface area contributed by atoms with E-state index < -0.39 is 0 Å². The molecular formula is C6H9O2. The standard InChI is InChI=1S/C6H9O2/c1-2-6(5-8)3-4-7/h4,6H,2-3H2,1H3. The van der Waals surface area contributed by atoms with Crippen molar-refractivity contribution in [1.82, 2.24) is 0 Å². The highest BCUT2D eigenvalue weighted by Gasteiger charge is 2.01. The van der Waals surface area contributed by atoms with Gasteiger partial charge in [0.15, 0.2) is 0 Å². The zero-order chi connectivity index (χ0) is 6.41. The van der Waals surface area contributed by atoms with Crippen LogP contribution in [0.15, 0.2) is 0 Å². The average Bonchev–Trinajstić information content (AvgIpc) is 1.83. The Morgan fingerprint density at radius 1 is 1.75 bits per heavy atom. The van der Waals surface area contributed by atoms with Crippen LogP contribution in [0.1, 0.15) is 19.8 Å². The van der Waals surface area contributed by atoms with E-state index in [1.165, 1.54) is 0 Å². The Bertz CT molecular complexity index is 78.6. The monoisotopic (exact) mass is 113 g/mol. The first-order valence-electron chi connectivity index (χ1n) is 2.66. The Hall–Kier alpha value is -0.660. The number of hydrogen-bond acceptors (Lipinski definition) is 2. The van der Waals surface area contributed by atoms with Crippen LogP contribution in [0.4, 0.5) is 0 Å². The molecule has 2 heteroatoms. The van der Waals surface area contributed by atoms with E-state index in [4.69, 9.17) is 0 Å². The summed E-state index contributed by atoms with van der Waals surface area (Å²) in [4.78, 5) is 19.6. The molecule has 0 saturated heterocycles. The molecule has 0 aliphatic carbocycles. The second-order valence-electron chi connectivity index (χ2n) is 1.63. The summed E-state index contributed by atoms with van der Waals surface area (Å²) < 4.78 is 0. The molecule has 8 heavy (non-hydrogen) atoms. The number of aldehydes is 1. The molecule has 0 rings (SSSR count). The van der Waals surface area contributed by atoms with E-state index in [2.05, 4.69) is 0 Å². The van der Waals surface area contributed by atoms with Gasteiger partial charge in [-0.15, -0.1) is 0 Å². The highest BCUT2D eigenvalue weighted by molar-refractivity contribution is 5.62. The van der Waals surface area contributed by atoms with Gasteiger partial charge in [0.05, 0.1) is 0 Å². The van der Waals surface area contributed by atoms with Crippen LogP contribution in [-0.2, 0) is 9.59 Å². The summed E-state index contributed by atoms with van der Waals surface area (Å²) in [5.41, 5.74) is 0. The lowest BCUT2D eigenvalue weighted by molar-refractivity contribution is -0.108. The van der Waals surface area contributed by atoms with E-state index in [1.54, 1.807) is 6.29 Å². The Balaban J connectivity index is 3.35. The van der Waals surface area contributed by atoms with Crippen molar-refractivity contribution in [2.45, 2.75) is 19.8 Å². The van der Waals surface area contributed by atoms with Gasteiger partial charge in [-0.3, -0.25) is 4.79 Å². The summed E-state index contributed by atoms with van der Waals surface area (Å²) in [7, 11) is 0. The Labute approximate surface area is 48.9 Å². The first-order chi connectivity index (χ1) is 3.85. The third kappa shape index (κ3) is 2.50. The van der Waals surface area contributed by atoms with Crippen molar-refractivity contribution in [2.24, 2.45) is 5.92 Å². The van der Waals surface area contributed by atoms with Crippen molar-refractivity contribution in [3.63, 3.8) is 0 Å². The van der Waals surface area contributed by atoms with Gasteiger partial charge in [0.2, 0.25) is 6.29 Å². The Morgan fingerprint density at radius 2 is 2.38 bits per heavy atom. The number of carbonyl (C=O) groups excluding carboxylic acids is 2. The predicted octanol–water partition coefficient (Wildman–Crippen LogP) is 0.711. The first kappa shape index (κ1) is 7.34. The molecule has 45 valence electrons. The van der Waals surface area contributed by atoms with Gasteiger partial charge in [-0.2, -0.15) is 0 Å². The zero-order valence-electron chi connectivity index (χ0n) is 4.89. The van der Waals surface area contributed by atoms with E-state index in [-0.39, 0.29) is 5.92 Å². The molecule has 0 saturated carbocycles. The molecule has 0 fully saturated rings. The average molecular weight is 113 g/mol. The van der Waals surface area contributed by atoms with Gasteiger partial charge in [0, 0.05) is 12.3 Å². The summed E-state index contributed by atoms with van der Waals surface area (Å²) >= 11 is 0. The van der Waals surface area contributed by atoms with Gasteiger partial charge in [-0.05, 0) is 6.42 Å². The molecule has 1 radical (unpaired) electrons. The van der Waals surface area contributed by atoms with Gasteiger partial charge in [0.1, 0.15) is 6.29 Å². The lowest BCUT2D eigenvalue weighted by atomic mass is 10.1. The fraction of sp³-hybridized carbons (Fsp3) is 0.667. The van der Waals surface area contributed by atoms with Crippen molar-refractivity contribution in [3.8, 4) is 0 Å². The third-order valence-corrected chi connectivity index (χ3v) is 1.04. The molecule has 0 heterocycles. The molecule has 0 aliphatic rings. The minimum atomic E-state index is -0.174. The van der Waals surface area contributed by atoms with Crippen LogP contribution in [0.25, 0.3) is 0 Å². The summed E-state index contributed by atoms with van der Waals surface area (Å²) in [6, 6.07) is 0. The molecule has 0 aromatic heterocycles. The summed E-state index contributed by atoms with van der Waals surface area (Å²) in [6.07, 6.45) is 3.55. The molecule has 1 atom stereocenters. The Morgan fingerprint density at radius 3 is 2.50 bits per heavy atom. The van der Waals surface area contributed by atoms with E-state index in [0.717, 1.165) is 6.29 Å². The van der Waals surface area contributed by atoms with Gasteiger partial charge in [0.25, 0.3) is 0 Å².